The largest absolute Gasteiger partial charge is 0.493 e. The van der Waals surface area contributed by atoms with Gasteiger partial charge in [0.1, 0.15) is 5.82 Å². The maximum atomic E-state index is 12.9. The summed E-state index contributed by atoms with van der Waals surface area (Å²) in [7, 11) is 5.00. The fourth-order valence-electron chi connectivity index (χ4n) is 3.60. The topological polar surface area (TPSA) is 80.3 Å². The molecule has 1 aromatic carbocycles. The highest BCUT2D eigenvalue weighted by Crippen LogP contribution is 2.33. The SMILES string of the molecule is CCn1c(=O)c2c(nc(C(C)c3ccc(OC)c(OC)c3)n2C)n(CC)c1=O. The van der Waals surface area contributed by atoms with E-state index < -0.39 is 0 Å². The second kappa shape index (κ2) is 7.53. The van der Waals surface area contributed by atoms with Crippen molar-refractivity contribution in [1.29, 1.82) is 0 Å². The number of benzene rings is 1. The highest BCUT2D eigenvalue weighted by molar-refractivity contribution is 5.71. The highest BCUT2D eigenvalue weighted by Gasteiger charge is 2.23. The predicted molar refractivity (Wildman–Crippen MR) is 108 cm³/mol. The van der Waals surface area contributed by atoms with Crippen molar-refractivity contribution >= 4 is 11.2 Å². The minimum absolute atomic E-state index is 0.118. The van der Waals surface area contributed by atoms with Crippen molar-refractivity contribution in [3.05, 3.63) is 50.4 Å². The lowest BCUT2D eigenvalue weighted by Crippen LogP contribution is -2.39. The smallest absolute Gasteiger partial charge is 0.332 e. The van der Waals surface area contributed by atoms with Crippen LogP contribution in [0.5, 0.6) is 11.5 Å². The first-order valence-electron chi connectivity index (χ1n) is 9.31. The first-order chi connectivity index (χ1) is 13.4. The van der Waals surface area contributed by atoms with Gasteiger partial charge in [0.25, 0.3) is 5.56 Å². The molecule has 28 heavy (non-hydrogen) atoms. The van der Waals surface area contributed by atoms with Crippen molar-refractivity contribution < 1.29 is 9.47 Å². The maximum absolute atomic E-state index is 12.9. The Kier molecular flexibility index (Phi) is 5.31. The minimum Gasteiger partial charge on any atom is -0.493 e. The van der Waals surface area contributed by atoms with Crippen LogP contribution in [-0.2, 0) is 20.1 Å². The van der Waals surface area contributed by atoms with E-state index in [-0.39, 0.29) is 17.2 Å². The lowest BCUT2D eigenvalue weighted by atomic mass is 10.00. The molecule has 0 aliphatic heterocycles. The summed E-state index contributed by atoms with van der Waals surface area (Å²) >= 11 is 0. The van der Waals surface area contributed by atoms with Gasteiger partial charge in [-0.1, -0.05) is 13.0 Å². The van der Waals surface area contributed by atoms with Gasteiger partial charge in [-0.05, 0) is 31.5 Å². The van der Waals surface area contributed by atoms with Crippen LogP contribution in [0, 0.1) is 0 Å². The van der Waals surface area contributed by atoms with E-state index in [2.05, 4.69) is 0 Å². The van der Waals surface area contributed by atoms with E-state index in [1.165, 1.54) is 4.57 Å². The van der Waals surface area contributed by atoms with Crippen LogP contribution in [0.1, 0.15) is 38.1 Å². The van der Waals surface area contributed by atoms with Crippen molar-refractivity contribution in [2.24, 2.45) is 7.05 Å². The van der Waals surface area contributed by atoms with Crippen LogP contribution < -0.4 is 20.7 Å². The number of aryl methyl sites for hydroxylation is 2. The predicted octanol–water partition coefficient (Wildman–Crippen LogP) is 2.11. The number of rotatable bonds is 6. The van der Waals surface area contributed by atoms with Gasteiger partial charge in [-0.25, -0.2) is 9.78 Å². The number of methoxy groups -OCH3 is 2. The molecule has 0 amide bonds. The third-order valence-corrected chi connectivity index (χ3v) is 5.20. The second-order valence-corrected chi connectivity index (χ2v) is 6.61. The molecule has 2 heterocycles. The van der Waals surface area contributed by atoms with Crippen molar-refractivity contribution in [2.75, 3.05) is 14.2 Å². The van der Waals surface area contributed by atoms with Crippen molar-refractivity contribution in [3.8, 4) is 11.5 Å². The number of hydrogen-bond acceptors (Lipinski definition) is 5. The summed E-state index contributed by atoms with van der Waals surface area (Å²) in [4.78, 5) is 30.2. The van der Waals surface area contributed by atoms with E-state index in [1.807, 2.05) is 39.1 Å². The molecular formula is C20H26N4O4. The molecule has 8 nitrogen and oxygen atoms in total. The zero-order valence-electron chi connectivity index (χ0n) is 17.1. The molecule has 0 radical (unpaired) electrons. The zero-order chi connectivity index (χ0) is 20.6. The Labute approximate surface area is 163 Å². The molecule has 1 atom stereocenters. The Bertz CT molecular complexity index is 1140. The van der Waals surface area contributed by atoms with E-state index in [0.29, 0.717) is 41.6 Å². The number of nitrogens with zero attached hydrogens (tertiary/aromatic N) is 4. The quantitative estimate of drug-likeness (QED) is 0.648. The van der Waals surface area contributed by atoms with E-state index in [4.69, 9.17) is 14.5 Å². The third kappa shape index (κ3) is 2.89. The molecule has 0 spiro atoms. The van der Waals surface area contributed by atoms with Crippen LogP contribution in [-0.4, -0.2) is 32.9 Å². The number of ether oxygens (including phenoxy) is 2. The summed E-state index contributed by atoms with van der Waals surface area (Å²) in [6.45, 7) is 6.43. The van der Waals surface area contributed by atoms with Gasteiger partial charge in [0.05, 0.1) is 14.2 Å². The number of aromatic nitrogens is 4. The van der Waals surface area contributed by atoms with E-state index in [1.54, 1.807) is 30.3 Å². The minimum atomic E-state index is -0.328. The second-order valence-electron chi connectivity index (χ2n) is 6.61. The summed E-state index contributed by atoms with van der Waals surface area (Å²) in [5.41, 5.74) is 1.19. The van der Waals surface area contributed by atoms with Crippen molar-refractivity contribution in [2.45, 2.75) is 39.8 Å². The van der Waals surface area contributed by atoms with Gasteiger partial charge in [0.15, 0.2) is 22.7 Å². The fraction of sp³-hybridized carbons (Fsp3) is 0.450. The van der Waals surface area contributed by atoms with Gasteiger partial charge in [0, 0.05) is 26.1 Å². The molecule has 0 saturated heterocycles. The Hall–Kier alpha value is -3.03. The lowest BCUT2D eigenvalue weighted by Gasteiger charge is -2.15. The Morgan fingerprint density at radius 2 is 1.68 bits per heavy atom. The monoisotopic (exact) mass is 386 g/mol. The molecule has 0 fully saturated rings. The molecule has 2 aromatic heterocycles. The molecule has 0 aliphatic carbocycles. The van der Waals surface area contributed by atoms with Gasteiger partial charge in [0.2, 0.25) is 0 Å². The van der Waals surface area contributed by atoms with Gasteiger partial charge >= 0.3 is 5.69 Å². The molecule has 3 rings (SSSR count). The first kappa shape index (κ1) is 19.7. The molecular weight excluding hydrogens is 360 g/mol. The normalized spacial score (nSPS) is 12.4. The van der Waals surface area contributed by atoms with Crippen LogP contribution in [0.4, 0.5) is 0 Å². The van der Waals surface area contributed by atoms with Gasteiger partial charge in [-0.2, -0.15) is 0 Å². The summed E-state index contributed by atoms with van der Waals surface area (Å²) in [6.07, 6.45) is 0. The summed E-state index contributed by atoms with van der Waals surface area (Å²) in [6, 6.07) is 5.70. The number of hydrogen-bond donors (Lipinski definition) is 0. The summed E-state index contributed by atoms with van der Waals surface area (Å²) in [5.74, 6) is 1.86. The molecule has 0 bridgehead atoms. The Balaban J connectivity index is 2.25. The number of imidazole rings is 1. The van der Waals surface area contributed by atoms with Gasteiger partial charge in [-0.3, -0.25) is 13.9 Å². The van der Waals surface area contributed by atoms with Gasteiger partial charge in [-0.15, -0.1) is 0 Å². The Morgan fingerprint density at radius 3 is 2.25 bits per heavy atom. The van der Waals surface area contributed by atoms with Crippen LogP contribution in [0.2, 0.25) is 0 Å². The van der Waals surface area contributed by atoms with Crippen LogP contribution in [0.3, 0.4) is 0 Å². The molecule has 3 aromatic rings. The highest BCUT2D eigenvalue weighted by atomic mass is 16.5. The average molecular weight is 386 g/mol. The third-order valence-electron chi connectivity index (χ3n) is 5.20. The Morgan fingerprint density at radius 1 is 1.04 bits per heavy atom. The van der Waals surface area contributed by atoms with Crippen LogP contribution in [0.25, 0.3) is 11.2 Å². The molecule has 0 aliphatic rings. The molecule has 150 valence electrons. The van der Waals surface area contributed by atoms with E-state index in [0.717, 1.165) is 5.56 Å². The first-order valence-corrected chi connectivity index (χ1v) is 9.31. The number of fused-ring (bicyclic) bond motifs is 1. The molecule has 0 saturated carbocycles. The summed E-state index contributed by atoms with van der Waals surface area (Å²) < 4.78 is 15.3. The maximum Gasteiger partial charge on any atom is 0.332 e. The van der Waals surface area contributed by atoms with E-state index >= 15 is 0 Å². The van der Waals surface area contributed by atoms with Crippen LogP contribution >= 0.6 is 0 Å². The fourth-order valence-corrected chi connectivity index (χ4v) is 3.60. The molecule has 1 unspecified atom stereocenters. The summed E-state index contributed by atoms with van der Waals surface area (Å²) in [5, 5.41) is 0. The van der Waals surface area contributed by atoms with E-state index in [9.17, 15) is 9.59 Å². The van der Waals surface area contributed by atoms with Crippen molar-refractivity contribution in [1.82, 2.24) is 18.7 Å². The molecule has 0 N–H and O–H groups in total. The standard InChI is InChI=1S/C20H26N4O4/c1-7-23-18-16(19(25)24(8-2)20(23)26)22(4)17(21-18)12(3)13-9-10-14(27-5)15(11-13)28-6/h9-12H,7-8H2,1-6H3. The lowest BCUT2D eigenvalue weighted by molar-refractivity contribution is 0.354. The van der Waals surface area contributed by atoms with Crippen molar-refractivity contribution in [3.63, 3.8) is 0 Å². The average Bonchev–Trinajstić information content (AvgIpc) is 3.04. The van der Waals surface area contributed by atoms with Crippen LogP contribution in [0.15, 0.2) is 27.8 Å². The molecule has 8 heteroatoms. The zero-order valence-corrected chi connectivity index (χ0v) is 17.1. The van der Waals surface area contributed by atoms with Gasteiger partial charge < -0.3 is 14.0 Å².